The number of aromatic nitrogens is 1. The van der Waals surface area contributed by atoms with Gasteiger partial charge in [-0.3, -0.25) is 14.4 Å². The van der Waals surface area contributed by atoms with Crippen molar-refractivity contribution in [1.29, 1.82) is 0 Å². The SMILES string of the molecule is O=C(NCC1CC1)[C@H]1[C@H](CO)[C@H]2Cn3c(ccc(C=Cc4ccccc4)c3=O)[C@@H]1N2C(=O)C1CCC1. The van der Waals surface area contributed by atoms with Crippen LogP contribution in [0.2, 0.25) is 0 Å². The molecule has 4 atom stereocenters. The lowest BCUT2D eigenvalue weighted by molar-refractivity contribution is -0.143. The number of rotatable bonds is 7. The number of fused-ring (bicyclic) bond motifs is 4. The molecule has 188 valence electrons. The van der Waals surface area contributed by atoms with Crippen molar-refractivity contribution in [3.63, 3.8) is 0 Å². The van der Waals surface area contributed by atoms with Crippen LogP contribution in [0.3, 0.4) is 0 Å². The van der Waals surface area contributed by atoms with E-state index in [-0.39, 0.29) is 35.9 Å². The van der Waals surface area contributed by atoms with Crippen molar-refractivity contribution in [2.75, 3.05) is 13.2 Å². The van der Waals surface area contributed by atoms with Crippen LogP contribution >= 0.6 is 0 Å². The number of pyridine rings is 1. The highest BCUT2D eigenvalue weighted by Crippen LogP contribution is 2.50. The van der Waals surface area contributed by atoms with Crippen molar-refractivity contribution in [1.82, 2.24) is 14.8 Å². The molecule has 0 spiro atoms. The molecule has 0 unspecified atom stereocenters. The van der Waals surface area contributed by atoms with Crippen LogP contribution in [0, 0.1) is 23.7 Å². The number of carbonyl (C=O) groups is 2. The van der Waals surface area contributed by atoms with Crippen molar-refractivity contribution in [3.8, 4) is 0 Å². The number of hydrogen-bond acceptors (Lipinski definition) is 4. The smallest absolute Gasteiger partial charge is 0.258 e. The summed E-state index contributed by atoms with van der Waals surface area (Å²) in [6, 6.07) is 12.6. The summed E-state index contributed by atoms with van der Waals surface area (Å²) in [5.41, 5.74) is 2.14. The highest BCUT2D eigenvalue weighted by molar-refractivity contribution is 5.86. The number of carbonyl (C=O) groups excluding carboxylic acids is 2. The first-order chi connectivity index (χ1) is 17.6. The fourth-order valence-electron chi connectivity index (χ4n) is 6.15. The molecule has 2 aromatic rings. The second-order valence-electron chi connectivity index (χ2n) is 10.8. The Labute approximate surface area is 210 Å². The van der Waals surface area contributed by atoms with Gasteiger partial charge in [0.15, 0.2) is 0 Å². The zero-order chi connectivity index (χ0) is 24.8. The van der Waals surface area contributed by atoms with Gasteiger partial charge in [0.05, 0.1) is 18.0 Å². The summed E-state index contributed by atoms with van der Waals surface area (Å²) in [6.45, 7) is 0.742. The van der Waals surface area contributed by atoms with E-state index in [1.807, 2.05) is 53.5 Å². The van der Waals surface area contributed by atoms with Gasteiger partial charge < -0.3 is 19.9 Å². The van der Waals surface area contributed by atoms with Crippen molar-refractivity contribution < 1.29 is 14.7 Å². The predicted molar refractivity (Wildman–Crippen MR) is 137 cm³/mol. The van der Waals surface area contributed by atoms with Gasteiger partial charge in [-0.2, -0.15) is 0 Å². The first-order valence-corrected chi connectivity index (χ1v) is 13.2. The number of amides is 2. The van der Waals surface area contributed by atoms with E-state index in [1.54, 1.807) is 10.6 Å². The van der Waals surface area contributed by atoms with E-state index >= 15 is 0 Å². The molecule has 1 aromatic heterocycles. The number of nitrogens with one attached hydrogen (secondary N) is 1. The van der Waals surface area contributed by atoms with E-state index in [0.717, 1.165) is 37.7 Å². The average molecular weight is 488 g/mol. The van der Waals surface area contributed by atoms with Crippen LogP contribution in [0.5, 0.6) is 0 Å². The Bertz CT molecular complexity index is 1240. The molecule has 2 saturated carbocycles. The maximum Gasteiger partial charge on any atom is 0.258 e. The average Bonchev–Trinajstić information content (AvgIpc) is 3.65. The third-order valence-corrected chi connectivity index (χ3v) is 8.60. The molecule has 2 amide bonds. The number of benzene rings is 1. The lowest BCUT2D eigenvalue weighted by atomic mass is 9.83. The van der Waals surface area contributed by atoms with Crippen molar-refractivity contribution in [2.24, 2.45) is 23.7 Å². The van der Waals surface area contributed by atoms with Crippen LogP contribution in [0.4, 0.5) is 0 Å². The molecule has 7 nitrogen and oxygen atoms in total. The highest BCUT2D eigenvalue weighted by atomic mass is 16.3. The van der Waals surface area contributed by atoms with Gasteiger partial charge >= 0.3 is 0 Å². The molecule has 3 fully saturated rings. The van der Waals surface area contributed by atoms with Crippen LogP contribution in [0.15, 0.2) is 47.3 Å². The zero-order valence-electron chi connectivity index (χ0n) is 20.4. The topological polar surface area (TPSA) is 91.6 Å². The number of aliphatic hydroxyl groups is 1. The minimum Gasteiger partial charge on any atom is -0.396 e. The highest BCUT2D eigenvalue weighted by Gasteiger charge is 2.58. The minimum absolute atomic E-state index is 0.0195. The lowest BCUT2D eigenvalue weighted by Gasteiger charge is -2.41. The molecule has 2 aliphatic heterocycles. The standard InChI is InChI=1S/C29H33N3O4/c33-17-22-24-16-31-23(14-13-21(28(31)35)12-11-18-5-2-1-3-6-18)26(32(24)29(36)20-7-4-8-20)25(22)27(34)30-15-19-9-10-19/h1-3,5-6,11-14,19-20,22,24-26,33H,4,7-10,15-17H2,(H,30,34)/t22-,24-,25+,26+/m1/s1. The van der Waals surface area contributed by atoms with Gasteiger partial charge in [-0.1, -0.05) is 42.8 Å². The number of hydrogen-bond donors (Lipinski definition) is 2. The third kappa shape index (κ3) is 3.99. The summed E-state index contributed by atoms with van der Waals surface area (Å²) in [7, 11) is 0. The monoisotopic (exact) mass is 487 g/mol. The molecule has 1 saturated heterocycles. The Hall–Kier alpha value is -3.19. The van der Waals surface area contributed by atoms with Gasteiger partial charge in [-0.05, 0) is 55.4 Å². The van der Waals surface area contributed by atoms with Crippen LogP contribution in [0.25, 0.3) is 12.2 Å². The summed E-state index contributed by atoms with van der Waals surface area (Å²) in [6.07, 6.45) is 8.77. The molecule has 3 heterocycles. The maximum atomic E-state index is 13.6. The number of aliphatic hydroxyl groups excluding tert-OH is 1. The molecule has 7 heteroatoms. The largest absolute Gasteiger partial charge is 0.396 e. The van der Waals surface area contributed by atoms with E-state index in [0.29, 0.717) is 30.3 Å². The summed E-state index contributed by atoms with van der Waals surface area (Å²) in [5.74, 6) is -0.506. The van der Waals surface area contributed by atoms with Gasteiger partial charge in [0.1, 0.15) is 0 Å². The molecule has 2 N–H and O–H groups in total. The zero-order valence-corrected chi connectivity index (χ0v) is 20.4. The van der Waals surface area contributed by atoms with E-state index in [9.17, 15) is 19.5 Å². The van der Waals surface area contributed by atoms with E-state index < -0.39 is 17.9 Å². The first-order valence-electron chi connectivity index (χ1n) is 13.2. The molecule has 36 heavy (non-hydrogen) atoms. The molecule has 6 rings (SSSR count). The molecule has 1 aromatic carbocycles. The number of nitrogens with zero attached hydrogens (tertiary/aromatic N) is 2. The maximum absolute atomic E-state index is 13.6. The van der Waals surface area contributed by atoms with E-state index in [1.165, 1.54) is 0 Å². The second-order valence-corrected chi connectivity index (χ2v) is 10.8. The van der Waals surface area contributed by atoms with E-state index in [4.69, 9.17) is 0 Å². The molecule has 2 bridgehead atoms. The summed E-state index contributed by atoms with van der Waals surface area (Å²) >= 11 is 0. The molecular weight excluding hydrogens is 454 g/mol. The normalized spacial score (nSPS) is 27.1. The predicted octanol–water partition coefficient (Wildman–Crippen LogP) is 2.84. The molecule has 0 radical (unpaired) electrons. The Kier molecular flexibility index (Phi) is 6.04. The fraction of sp³-hybridized carbons (Fsp3) is 0.483. The quantitative estimate of drug-likeness (QED) is 0.628. The van der Waals surface area contributed by atoms with Crippen molar-refractivity contribution in [2.45, 2.75) is 50.7 Å². The molecular formula is C29H33N3O4. The van der Waals surface area contributed by atoms with Crippen LogP contribution in [-0.2, 0) is 16.1 Å². The van der Waals surface area contributed by atoms with Crippen molar-refractivity contribution >= 4 is 24.0 Å². The van der Waals surface area contributed by atoms with E-state index in [2.05, 4.69) is 5.32 Å². The summed E-state index contributed by atoms with van der Waals surface area (Å²) in [5, 5.41) is 13.5. The Balaban J connectivity index is 1.38. The summed E-state index contributed by atoms with van der Waals surface area (Å²) in [4.78, 5) is 42.5. The van der Waals surface area contributed by atoms with Crippen molar-refractivity contribution in [3.05, 3.63) is 69.6 Å². The Morgan fingerprint density at radius 3 is 2.47 bits per heavy atom. The first kappa shape index (κ1) is 23.2. The Morgan fingerprint density at radius 2 is 1.81 bits per heavy atom. The lowest BCUT2D eigenvalue weighted by Crippen LogP contribution is -2.51. The molecule has 4 aliphatic rings. The van der Waals surface area contributed by atoms with Gasteiger partial charge in [-0.15, -0.1) is 0 Å². The van der Waals surface area contributed by atoms with Gasteiger partial charge in [-0.25, -0.2) is 0 Å². The molecule has 2 aliphatic carbocycles. The van der Waals surface area contributed by atoms with Crippen LogP contribution in [-0.4, -0.2) is 45.6 Å². The van der Waals surface area contributed by atoms with Crippen LogP contribution in [0.1, 0.15) is 55.0 Å². The second kappa shape index (κ2) is 9.36. The van der Waals surface area contributed by atoms with Crippen LogP contribution < -0.4 is 10.9 Å². The summed E-state index contributed by atoms with van der Waals surface area (Å²) < 4.78 is 1.74. The minimum atomic E-state index is -0.568. The Morgan fingerprint density at radius 1 is 1.03 bits per heavy atom. The van der Waals surface area contributed by atoms with Gasteiger partial charge in [0, 0.05) is 42.8 Å². The van der Waals surface area contributed by atoms with Gasteiger partial charge in [0.2, 0.25) is 11.8 Å². The fourth-order valence-corrected chi connectivity index (χ4v) is 6.15. The third-order valence-electron chi connectivity index (χ3n) is 8.60. The van der Waals surface area contributed by atoms with Gasteiger partial charge in [0.25, 0.3) is 5.56 Å².